The Morgan fingerprint density at radius 2 is 1.38 bits per heavy atom. The van der Waals surface area contributed by atoms with Crippen molar-refractivity contribution in [2.75, 3.05) is 6.16 Å². The quantitative estimate of drug-likeness (QED) is 0.542. The molecule has 110 valence electrons. The van der Waals surface area contributed by atoms with Crippen molar-refractivity contribution in [1.29, 1.82) is 0 Å². The van der Waals surface area contributed by atoms with Crippen molar-refractivity contribution < 1.29 is 0 Å². The first kappa shape index (κ1) is 16.2. The summed E-state index contributed by atoms with van der Waals surface area (Å²) in [6.07, 6.45) is 5.54. The number of hydrogen-bond donors (Lipinski definition) is 0. The van der Waals surface area contributed by atoms with E-state index in [1.54, 1.807) is 0 Å². The third kappa shape index (κ3) is 3.93. The summed E-state index contributed by atoms with van der Waals surface area (Å²) in [7, 11) is 0. The van der Waals surface area contributed by atoms with E-state index in [1.165, 1.54) is 16.2 Å². The van der Waals surface area contributed by atoms with Crippen LogP contribution in [0.5, 0.6) is 0 Å². The molecule has 0 aliphatic heterocycles. The van der Waals surface area contributed by atoms with Gasteiger partial charge in [0.05, 0.1) is 0 Å². The Kier molecular flexibility index (Phi) is 5.96. The molecule has 21 heavy (non-hydrogen) atoms. The van der Waals surface area contributed by atoms with E-state index < -0.39 is 6.04 Å². The maximum atomic E-state index is 6.26. The van der Waals surface area contributed by atoms with Crippen LogP contribution in [0.2, 0.25) is 0 Å². The first-order valence-corrected chi connectivity index (χ1v) is 10.6. The first-order chi connectivity index (χ1) is 10.2. The van der Waals surface area contributed by atoms with E-state index in [1.807, 2.05) is 0 Å². The molecule has 0 atom stereocenters. The fourth-order valence-electron chi connectivity index (χ4n) is 2.56. The van der Waals surface area contributed by atoms with E-state index in [-0.39, 0.29) is 0 Å². The molecule has 0 N–H and O–H groups in total. The van der Waals surface area contributed by atoms with Crippen molar-refractivity contribution in [1.82, 2.24) is 0 Å². The number of benzene rings is 2. The molecule has 0 nitrogen and oxygen atoms in total. The van der Waals surface area contributed by atoms with Gasteiger partial charge in [-0.3, -0.25) is 0 Å². The molecule has 0 fully saturated rings. The lowest BCUT2D eigenvalue weighted by molar-refractivity contribution is 1.06. The van der Waals surface area contributed by atoms with Gasteiger partial charge in [0.2, 0.25) is 0 Å². The molecule has 2 aromatic carbocycles. The summed E-state index contributed by atoms with van der Waals surface area (Å²) < 4.78 is 0. The molecule has 0 unspecified atom stereocenters. The average Bonchev–Trinajstić information content (AvgIpc) is 2.56. The molecule has 0 aliphatic carbocycles. The molecule has 0 bridgehead atoms. The summed E-state index contributed by atoms with van der Waals surface area (Å²) in [5.74, 6) is 0. The van der Waals surface area contributed by atoms with E-state index in [9.17, 15) is 0 Å². The predicted octanol–water partition coefficient (Wildman–Crippen LogP) is 4.86. The Labute approximate surface area is 133 Å². The van der Waals surface area contributed by atoms with Crippen LogP contribution in [0.15, 0.2) is 72.3 Å². The van der Waals surface area contributed by atoms with Gasteiger partial charge in [-0.2, -0.15) is 0 Å². The minimum Gasteiger partial charge on any atom is -0.0873 e. The Morgan fingerprint density at radius 1 is 0.905 bits per heavy atom. The van der Waals surface area contributed by atoms with Crippen LogP contribution >= 0.6 is 6.04 Å². The van der Waals surface area contributed by atoms with Gasteiger partial charge in [-0.05, 0) is 23.5 Å². The molecule has 0 heterocycles. The van der Waals surface area contributed by atoms with Crippen molar-refractivity contribution in [2.24, 2.45) is 0 Å². The number of allylic oxidation sites excluding steroid dienone is 2. The van der Waals surface area contributed by atoms with Crippen LogP contribution in [-0.4, -0.2) is 6.16 Å². The first-order valence-electron chi connectivity index (χ1n) is 7.59. The van der Waals surface area contributed by atoms with Gasteiger partial charge < -0.3 is 0 Å². The highest BCUT2D eigenvalue weighted by atomic mass is 32.4. The van der Waals surface area contributed by atoms with E-state index >= 15 is 0 Å². The van der Waals surface area contributed by atoms with Gasteiger partial charge in [-0.1, -0.05) is 98.0 Å². The van der Waals surface area contributed by atoms with Crippen LogP contribution in [0.25, 0.3) is 0 Å². The van der Waals surface area contributed by atoms with Crippen LogP contribution in [0.1, 0.15) is 26.7 Å². The maximum absolute atomic E-state index is 6.26. The lowest BCUT2D eigenvalue weighted by atomic mass is 10.2. The highest BCUT2D eigenvalue weighted by molar-refractivity contribution is 8.22. The molecule has 0 saturated carbocycles. The molecule has 2 rings (SSSR count). The third-order valence-electron chi connectivity index (χ3n) is 3.72. The van der Waals surface area contributed by atoms with E-state index in [4.69, 9.17) is 11.8 Å². The van der Waals surface area contributed by atoms with Gasteiger partial charge in [0.1, 0.15) is 0 Å². The Hall–Kier alpha value is -1.17. The zero-order chi connectivity index (χ0) is 15.1. The fraction of sp³-hybridized carbons (Fsp3) is 0.263. The standard InChI is InChI=1S/C19H23PS/c1-3-11-17(4-2)16-20(21,18-12-7-5-8-13-18)19-14-9-6-10-15-19/h5-15H,3-4,16H2,1-2H3/b17-11+. The summed E-state index contributed by atoms with van der Waals surface area (Å²) in [5, 5.41) is 2.64. The molecular formula is C19H23PS. The average molecular weight is 314 g/mol. The van der Waals surface area contributed by atoms with Gasteiger partial charge >= 0.3 is 0 Å². The van der Waals surface area contributed by atoms with Crippen molar-refractivity contribution in [2.45, 2.75) is 26.7 Å². The minimum atomic E-state index is -1.76. The van der Waals surface area contributed by atoms with Crippen LogP contribution in [-0.2, 0) is 11.8 Å². The second kappa shape index (κ2) is 7.73. The fourth-order valence-corrected chi connectivity index (χ4v) is 6.69. The lowest BCUT2D eigenvalue weighted by Crippen LogP contribution is -2.19. The van der Waals surface area contributed by atoms with Crippen molar-refractivity contribution in [3.63, 3.8) is 0 Å². The van der Waals surface area contributed by atoms with Gasteiger partial charge in [0, 0.05) is 12.2 Å². The zero-order valence-electron chi connectivity index (χ0n) is 12.8. The number of hydrogen-bond acceptors (Lipinski definition) is 1. The van der Waals surface area contributed by atoms with Crippen LogP contribution in [0, 0.1) is 0 Å². The smallest absolute Gasteiger partial charge is 0.0144 e. The van der Waals surface area contributed by atoms with Gasteiger partial charge in [-0.25, -0.2) is 0 Å². The number of rotatable bonds is 6. The Bertz CT molecular complexity index is 586. The second-order valence-corrected chi connectivity index (χ2v) is 9.89. The molecular weight excluding hydrogens is 291 g/mol. The van der Waals surface area contributed by atoms with E-state index in [0.717, 1.165) is 19.0 Å². The molecule has 2 aromatic rings. The van der Waals surface area contributed by atoms with Crippen molar-refractivity contribution >= 4 is 28.5 Å². The zero-order valence-corrected chi connectivity index (χ0v) is 14.5. The van der Waals surface area contributed by atoms with E-state index in [2.05, 4.69) is 80.6 Å². The normalized spacial score (nSPS) is 12.4. The summed E-state index contributed by atoms with van der Waals surface area (Å²) in [6, 6.07) is 19.6. The molecule has 0 aromatic heterocycles. The highest BCUT2D eigenvalue weighted by Gasteiger charge is 2.22. The molecule has 0 amide bonds. The van der Waals surface area contributed by atoms with Crippen LogP contribution < -0.4 is 10.6 Å². The molecule has 0 saturated heterocycles. The SMILES string of the molecule is CC/C=C(\CC)CP(=S)(c1ccccc1)c1ccccc1. The largest absolute Gasteiger partial charge is 0.0873 e. The molecule has 2 heteroatoms. The summed E-state index contributed by atoms with van der Waals surface area (Å²) in [6.45, 7) is 4.43. The summed E-state index contributed by atoms with van der Waals surface area (Å²) >= 11 is 6.26. The molecule has 0 aliphatic rings. The summed E-state index contributed by atoms with van der Waals surface area (Å²) in [5.41, 5.74) is 1.49. The predicted molar refractivity (Wildman–Crippen MR) is 100.0 cm³/mol. The molecule has 0 radical (unpaired) electrons. The summed E-state index contributed by atoms with van der Waals surface area (Å²) in [4.78, 5) is 0. The monoisotopic (exact) mass is 314 g/mol. The van der Waals surface area contributed by atoms with Crippen LogP contribution in [0.3, 0.4) is 0 Å². The van der Waals surface area contributed by atoms with Crippen molar-refractivity contribution in [3.8, 4) is 0 Å². The van der Waals surface area contributed by atoms with Gasteiger partial charge in [0.15, 0.2) is 0 Å². The maximum Gasteiger partial charge on any atom is 0.0144 e. The Morgan fingerprint density at radius 3 is 1.76 bits per heavy atom. The van der Waals surface area contributed by atoms with Crippen molar-refractivity contribution in [3.05, 3.63) is 72.3 Å². The topological polar surface area (TPSA) is 0 Å². The Balaban J connectivity index is 2.50. The third-order valence-corrected chi connectivity index (χ3v) is 8.49. The molecule has 0 spiro atoms. The van der Waals surface area contributed by atoms with Gasteiger partial charge in [-0.15, -0.1) is 0 Å². The minimum absolute atomic E-state index is 1.01. The van der Waals surface area contributed by atoms with Crippen LogP contribution in [0.4, 0.5) is 0 Å². The highest BCUT2D eigenvalue weighted by Crippen LogP contribution is 2.45. The lowest BCUT2D eigenvalue weighted by Gasteiger charge is -2.24. The second-order valence-electron chi connectivity index (χ2n) is 5.19. The van der Waals surface area contributed by atoms with Gasteiger partial charge in [0.25, 0.3) is 0 Å². The van der Waals surface area contributed by atoms with E-state index in [0.29, 0.717) is 0 Å².